The highest BCUT2D eigenvalue weighted by Crippen LogP contribution is 2.57. The van der Waals surface area contributed by atoms with Crippen molar-refractivity contribution in [3.05, 3.63) is 101 Å². The van der Waals surface area contributed by atoms with Crippen molar-refractivity contribution >= 4 is 34.9 Å². The number of amides is 1. The molecule has 3 aromatic rings. The van der Waals surface area contributed by atoms with E-state index in [0.717, 1.165) is 36.1 Å². The van der Waals surface area contributed by atoms with Gasteiger partial charge in [0.15, 0.2) is 11.6 Å². The number of carbonyl (C=O) groups excluding carboxylic acids is 3. The van der Waals surface area contributed by atoms with Crippen LogP contribution in [0, 0.1) is 5.92 Å². The van der Waals surface area contributed by atoms with Gasteiger partial charge in [0.2, 0.25) is 5.91 Å². The van der Waals surface area contributed by atoms with Gasteiger partial charge in [0, 0.05) is 16.9 Å². The molecule has 5 heteroatoms. The fraction of sp³-hybridized carbons (Fsp3) is 0.303. The summed E-state index contributed by atoms with van der Waals surface area (Å²) in [6.45, 7) is 3.72. The van der Waals surface area contributed by atoms with E-state index in [1.807, 2.05) is 89.8 Å². The molecule has 4 atom stereocenters. The van der Waals surface area contributed by atoms with Crippen LogP contribution in [0.15, 0.2) is 78.9 Å². The van der Waals surface area contributed by atoms with E-state index >= 15 is 0 Å². The Balaban J connectivity index is 1.52. The van der Waals surface area contributed by atoms with Crippen molar-refractivity contribution in [2.45, 2.75) is 57.0 Å². The van der Waals surface area contributed by atoms with E-state index in [0.29, 0.717) is 11.3 Å². The van der Waals surface area contributed by atoms with E-state index in [1.54, 1.807) is 0 Å². The topological polar surface area (TPSA) is 66.5 Å². The lowest BCUT2D eigenvalue weighted by Crippen LogP contribution is -2.51. The molecule has 1 amide bonds. The molecule has 5 nitrogen and oxygen atoms in total. The fourth-order valence-corrected chi connectivity index (χ4v) is 6.87. The summed E-state index contributed by atoms with van der Waals surface area (Å²) in [5.41, 5.74) is 3.83. The maximum atomic E-state index is 14.5. The van der Waals surface area contributed by atoms with Crippen molar-refractivity contribution in [2.24, 2.45) is 5.92 Å². The number of Topliss-reactive ketones (excluding diaryl/α,β-unsaturated/α-hetero) is 2. The number of para-hydroxylation sites is 2. The molecule has 1 fully saturated rings. The lowest BCUT2D eigenvalue weighted by atomic mass is 9.64. The maximum Gasteiger partial charge on any atom is 0.238 e. The summed E-state index contributed by atoms with van der Waals surface area (Å²) < 4.78 is 0. The van der Waals surface area contributed by atoms with Crippen LogP contribution in [-0.4, -0.2) is 29.6 Å². The number of hydrogen-bond donors (Lipinski definition) is 1. The number of benzene rings is 3. The Kier molecular flexibility index (Phi) is 6.02. The molecule has 3 aliphatic heterocycles. The summed E-state index contributed by atoms with van der Waals surface area (Å²) in [4.78, 5) is 44.1. The van der Waals surface area contributed by atoms with Crippen LogP contribution < -0.4 is 10.2 Å². The third kappa shape index (κ3) is 3.48. The molecule has 1 N–H and O–H groups in total. The number of carbonyl (C=O) groups is 3. The van der Waals surface area contributed by atoms with E-state index in [9.17, 15) is 14.4 Å². The van der Waals surface area contributed by atoms with Gasteiger partial charge >= 0.3 is 0 Å². The Labute approximate surface area is 223 Å². The first-order valence-corrected chi connectivity index (χ1v) is 13.6. The first-order valence-electron chi connectivity index (χ1n) is 13.6. The molecular formula is C33H32N2O3. The van der Waals surface area contributed by atoms with E-state index in [-0.39, 0.29) is 17.5 Å². The highest BCUT2D eigenvalue weighted by molar-refractivity contribution is 6.16. The van der Waals surface area contributed by atoms with Crippen LogP contribution in [0.4, 0.5) is 11.4 Å². The summed E-state index contributed by atoms with van der Waals surface area (Å²) in [7, 11) is 0. The summed E-state index contributed by atoms with van der Waals surface area (Å²) in [6.07, 6.45) is 8.43. The van der Waals surface area contributed by atoms with Crippen LogP contribution in [0.5, 0.6) is 0 Å². The fourth-order valence-electron chi connectivity index (χ4n) is 6.87. The van der Waals surface area contributed by atoms with Crippen molar-refractivity contribution in [3.63, 3.8) is 0 Å². The van der Waals surface area contributed by atoms with Gasteiger partial charge in [-0.15, -0.1) is 0 Å². The van der Waals surface area contributed by atoms with Gasteiger partial charge in [0.1, 0.15) is 5.41 Å². The molecule has 0 aromatic heterocycles. The molecule has 1 spiro atoms. The number of hydrogen-bond acceptors (Lipinski definition) is 4. The van der Waals surface area contributed by atoms with Crippen molar-refractivity contribution in [3.8, 4) is 0 Å². The number of unbranched alkanes of at least 4 members (excludes halogenated alkanes) is 2. The molecule has 0 unspecified atom stereocenters. The molecule has 192 valence electrons. The number of nitrogens with zero attached hydrogens (tertiary/aromatic N) is 1. The molecule has 0 radical (unpaired) electrons. The van der Waals surface area contributed by atoms with Gasteiger partial charge in [-0.2, -0.15) is 0 Å². The van der Waals surface area contributed by atoms with Crippen LogP contribution in [0.2, 0.25) is 0 Å². The molecule has 38 heavy (non-hydrogen) atoms. The molecule has 1 saturated heterocycles. The molecule has 0 aliphatic carbocycles. The maximum absolute atomic E-state index is 14.5. The second kappa shape index (κ2) is 9.39. The van der Waals surface area contributed by atoms with Crippen LogP contribution in [0.25, 0.3) is 6.08 Å². The van der Waals surface area contributed by atoms with E-state index in [4.69, 9.17) is 0 Å². The number of nitrogens with one attached hydrogen (secondary N) is 1. The van der Waals surface area contributed by atoms with E-state index in [2.05, 4.69) is 12.2 Å². The number of fused-ring (bicyclic) bond motifs is 6. The zero-order valence-corrected chi connectivity index (χ0v) is 21.8. The minimum absolute atomic E-state index is 0.122. The summed E-state index contributed by atoms with van der Waals surface area (Å²) >= 11 is 0. The first kappa shape index (κ1) is 24.4. The van der Waals surface area contributed by atoms with Crippen LogP contribution in [-0.2, 0) is 21.4 Å². The predicted octanol–water partition coefficient (Wildman–Crippen LogP) is 5.98. The highest BCUT2D eigenvalue weighted by Gasteiger charge is 2.69. The SMILES string of the molecule is CCCCCc1ccc(C(=O)[C@H]2[C@@H](C(C)=O)N3c4ccccc4C=C[C@H]3[C@@]23C(=O)Nc2ccccc23)cc1. The van der Waals surface area contributed by atoms with Gasteiger partial charge in [0.05, 0.1) is 18.0 Å². The van der Waals surface area contributed by atoms with Crippen molar-refractivity contribution in [2.75, 3.05) is 10.2 Å². The lowest BCUT2D eigenvalue weighted by molar-refractivity contribution is -0.122. The third-order valence-corrected chi connectivity index (χ3v) is 8.55. The van der Waals surface area contributed by atoms with Crippen LogP contribution >= 0.6 is 0 Å². The minimum atomic E-state index is -1.23. The Morgan fingerprint density at radius 3 is 2.45 bits per heavy atom. The second-order valence-corrected chi connectivity index (χ2v) is 10.7. The van der Waals surface area contributed by atoms with Gasteiger partial charge < -0.3 is 10.2 Å². The van der Waals surface area contributed by atoms with Gasteiger partial charge in [-0.3, -0.25) is 14.4 Å². The molecule has 0 saturated carbocycles. The third-order valence-electron chi connectivity index (χ3n) is 8.55. The summed E-state index contributed by atoms with van der Waals surface area (Å²) in [6, 6.07) is 22.0. The molecular weight excluding hydrogens is 472 g/mol. The Morgan fingerprint density at radius 2 is 1.68 bits per heavy atom. The van der Waals surface area contributed by atoms with Gasteiger partial charge in [-0.1, -0.05) is 92.6 Å². The van der Waals surface area contributed by atoms with Crippen molar-refractivity contribution in [1.82, 2.24) is 0 Å². The predicted molar refractivity (Wildman–Crippen MR) is 150 cm³/mol. The molecule has 3 aromatic carbocycles. The highest BCUT2D eigenvalue weighted by atomic mass is 16.2. The van der Waals surface area contributed by atoms with Gasteiger partial charge in [-0.05, 0) is 48.6 Å². The van der Waals surface area contributed by atoms with Crippen molar-refractivity contribution < 1.29 is 14.4 Å². The Morgan fingerprint density at radius 1 is 0.947 bits per heavy atom. The van der Waals surface area contributed by atoms with Crippen LogP contribution in [0.1, 0.15) is 60.2 Å². The quantitative estimate of drug-likeness (QED) is 0.317. The summed E-state index contributed by atoms with van der Waals surface area (Å²) in [5, 5.41) is 3.06. The monoisotopic (exact) mass is 504 g/mol. The average molecular weight is 505 g/mol. The largest absolute Gasteiger partial charge is 0.352 e. The van der Waals surface area contributed by atoms with Gasteiger partial charge in [0.25, 0.3) is 0 Å². The smallest absolute Gasteiger partial charge is 0.238 e. The number of rotatable bonds is 7. The lowest BCUT2D eigenvalue weighted by Gasteiger charge is -2.37. The van der Waals surface area contributed by atoms with E-state index in [1.165, 1.54) is 18.9 Å². The molecule has 3 heterocycles. The average Bonchev–Trinajstić information content (AvgIpc) is 3.42. The Bertz CT molecular complexity index is 1460. The van der Waals surface area contributed by atoms with Crippen molar-refractivity contribution in [1.29, 1.82) is 0 Å². The van der Waals surface area contributed by atoms with Gasteiger partial charge in [-0.25, -0.2) is 0 Å². The zero-order chi connectivity index (χ0) is 26.4. The standard InChI is InChI=1S/C33H32N2O3/c1-3-4-5-10-22-15-17-24(18-16-22)31(37)29-30(21(2)36)35-27-14-9-6-11-23(27)19-20-28(35)33(29)25-12-7-8-13-26(25)34-32(33)38/h6-9,11-20,28-30H,3-5,10H2,1-2H3,(H,34,38)/t28-,29+,30+,33+/m0/s1. The second-order valence-electron chi connectivity index (χ2n) is 10.7. The van der Waals surface area contributed by atoms with Crippen LogP contribution in [0.3, 0.4) is 0 Å². The number of ketones is 2. The number of aryl methyl sites for hydroxylation is 1. The molecule has 6 rings (SSSR count). The Hall–Kier alpha value is -3.99. The zero-order valence-electron chi connectivity index (χ0n) is 21.8. The summed E-state index contributed by atoms with van der Waals surface area (Å²) in [5.74, 6) is -1.40. The van der Waals surface area contributed by atoms with E-state index < -0.39 is 23.4 Å². The molecule has 3 aliphatic rings. The number of anilines is 2. The first-order chi connectivity index (χ1) is 18.5. The minimum Gasteiger partial charge on any atom is -0.352 e. The molecule has 0 bridgehead atoms. The normalized spacial score (nSPS) is 24.6.